The molecule has 2 aliphatic rings. The van der Waals surface area contributed by atoms with Crippen molar-refractivity contribution in [1.82, 2.24) is 0 Å². The monoisotopic (exact) mass is 372 g/mol. The van der Waals surface area contributed by atoms with E-state index < -0.39 is 0 Å². The molecular formula is C24H20O4. The van der Waals surface area contributed by atoms with Gasteiger partial charge in [-0.2, -0.15) is 0 Å². The summed E-state index contributed by atoms with van der Waals surface area (Å²) < 4.78 is 16.3. The van der Waals surface area contributed by atoms with Crippen LogP contribution in [0, 0.1) is 5.92 Å². The van der Waals surface area contributed by atoms with E-state index in [0.717, 1.165) is 28.2 Å². The maximum absolute atomic E-state index is 13.0. The number of carbonyl (C=O) groups is 1. The van der Waals surface area contributed by atoms with Crippen molar-refractivity contribution in [3.8, 4) is 11.5 Å². The van der Waals surface area contributed by atoms with Crippen molar-refractivity contribution in [2.24, 2.45) is 5.92 Å². The summed E-state index contributed by atoms with van der Waals surface area (Å²) in [4.78, 5) is 13.0. The first-order valence-electron chi connectivity index (χ1n) is 9.39. The highest BCUT2D eigenvalue weighted by Crippen LogP contribution is 2.53. The minimum Gasteiger partial charge on any atom is -0.469 e. The molecule has 3 aromatic rings. The Bertz CT molecular complexity index is 1030. The third kappa shape index (κ3) is 2.56. The number of benzene rings is 3. The van der Waals surface area contributed by atoms with E-state index in [2.05, 4.69) is 24.3 Å². The molecular weight excluding hydrogens is 352 g/mol. The Hall–Kier alpha value is -3.27. The Morgan fingerprint density at radius 3 is 2.18 bits per heavy atom. The highest BCUT2D eigenvalue weighted by atomic mass is 16.7. The first kappa shape index (κ1) is 16.9. The summed E-state index contributed by atoms with van der Waals surface area (Å²) in [6.45, 7) is 0.229. The molecule has 0 fully saturated rings. The fourth-order valence-corrected chi connectivity index (χ4v) is 4.61. The second kappa shape index (κ2) is 6.71. The van der Waals surface area contributed by atoms with E-state index in [1.807, 2.05) is 48.5 Å². The molecule has 1 heterocycles. The topological polar surface area (TPSA) is 44.8 Å². The van der Waals surface area contributed by atoms with Crippen molar-refractivity contribution in [2.45, 2.75) is 11.8 Å². The molecule has 0 spiro atoms. The van der Waals surface area contributed by atoms with E-state index in [9.17, 15) is 4.79 Å². The zero-order valence-corrected chi connectivity index (χ0v) is 15.5. The second-order valence-electron chi connectivity index (χ2n) is 7.16. The van der Waals surface area contributed by atoms with E-state index >= 15 is 0 Å². The van der Waals surface area contributed by atoms with Crippen LogP contribution in [0.2, 0.25) is 0 Å². The van der Waals surface area contributed by atoms with Gasteiger partial charge in [0, 0.05) is 11.8 Å². The van der Waals surface area contributed by atoms with Crippen LogP contribution in [0.5, 0.6) is 11.5 Å². The predicted molar refractivity (Wildman–Crippen MR) is 105 cm³/mol. The van der Waals surface area contributed by atoms with Crippen molar-refractivity contribution in [3.63, 3.8) is 0 Å². The Balaban J connectivity index is 1.70. The summed E-state index contributed by atoms with van der Waals surface area (Å²) in [5.74, 6) is 0.757. The van der Waals surface area contributed by atoms with Crippen molar-refractivity contribution in [3.05, 3.63) is 95.1 Å². The summed E-state index contributed by atoms with van der Waals surface area (Å²) in [5.41, 5.74) is 4.48. The highest BCUT2D eigenvalue weighted by Gasteiger charge is 2.47. The van der Waals surface area contributed by atoms with Gasteiger partial charge >= 0.3 is 5.97 Å². The van der Waals surface area contributed by atoms with Crippen LogP contribution >= 0.6 is 0 Å². The molecule has 5 rings (SSSR count). The number of rotatable bonds is 3. The number of hydrogen-bond acceptors (Lipinski definition) is 4. The van der Waals surface area contributed by atoms with Crippen LogP contribution in [0.1, 0.15) is 34.1 Å². The zero-order chi connectivity index (χ0) is 19.1. The van der Waals surface area contributed by atoms with E-state index in [-0.39, 0.29) is 30.5 Å². The minimum absolute atomic E-state index is 0.0553. The molecule has 0 radical (unpaired) electrons. The van der Waals surface area contributed by atoms with E-state index in [0.29, 0.717) is 0 Å². The van der Waals surface area contributed by atoms with Crippen molar-refractivity contribution in [2.75, 3.05) is 13.9 Å². The Morgan fingerprint density at radius 2 is 1.46 bits per heavy atom. The largest absolute Gasteiger partial charge is 0.469 e. The smallest absolute Gasteiger partial charge is 0.310 e. The molecule has 0 saturated heterocycles. The Morgan fingerprint density at radius 1 is 0.821 bits per heavy atom. The van der Waals surface area contributed by atoms with Crippen LogP contribution in [-0.4, -0.2) is 19.9 Å². The third-order valence-electron chi connectivity index (χ3n) is 5.77. The van der Waals surface area contributed by atoms with Crippen molar-refractivity contribution < 1.29 is 19.0 Å². The zero-order valence-electron chi connectivity index (χ0n) is 15.5. The second-order valence-corrected chi connectivity index (χ2v) is 7.16. The lowest BCUT2D eigenvalue weighted by Crippen LogP contribution is -2.25. The van der Waals surface area contributed by atoms with Gasteiger partial charge in [-0.05, 0) is 34.4 Å². The number of esters is 1. The molecule has 0 aromatic heterocycles. The predicted octanol–water partition coefficient (Wildman–Crippen LogP) is 4.48. The quantitative estimate of drug-likeness (QED) is 0.636. The van der Waals surface area contributed by atoms with Gasteiger partial charge in [0.05, 0.1) is 13.0 Å². The molecule has 0 unspecified atom stereocenters. The van der Waals surface area contributed by atoms with Gasteiger partial charge in [0.1, 0.15) is 0 Å². The summed E-state index contributed by atoms with van der Waals surface area (Å²) in [5, 5.41) is 0. The standard InChI is InChI=1S/C24H20O4/c1-26-24(25)23-21(15-7-3-2-4-8-15)17-9-5-6-10-18(17)22(23)16-11-12-19-20(13-16)28-14-27-19/h2-13,21-23H,14H2,1H3/t21-,22+,23+/m1/s1. The van der Waals surface area contributed by atoms with Crippen molar-refractivity contribution in [1.29, 1.82) is 0 Å². The van der Waals surface area contributed by atoms with Gasteiger partial charge < -0.3 is 14.2 Å². The third-order valence-corrected chi connectivity index (χ3v) is 5.77. The molecule has 3 atom stereocenters. The average Bonchev–Trinajstić information content (AvgIpc) is 3.35. The molecule has 0 bridgehead atoms. The van der Waals surface area contributed by atoms with Gasteiger partial charge in [-0.3, -0.25) is 4.79 Å². The molecule has 0 amide bonds. The Kier molecular flexibility index (Phi) is 4.05. The van der Waals surface area contributed by atoms with Crippen molar-refractivity contribution >= 4 is 5.97 Å². The lowest BCUT2D eigenvalue weighted by Gasteiger charge is -2.24. The number of ether oxygens (including phenoxy) is 3. The molecule has 4 heteroatoms. The minimum atomic E-state index is -0.342. The number of methoxy groups -OCH3 is 1. The van der Waals surface area contributed by atoms with Crippen LogP contribution in [0.3, 0.4) is 0 Å². The lowest BCUT2D eigenvalue weighted by atomic mass is 9.79. The van der Waals surface area contributed by atoms with Gasteiger partial charge in [-0.15, -0.1) is 0 Å². The van der Waals surface area contributed by atoms with E-state index in [4.69, 9.17) is 14.2 Å². The molecule has 0 saturated carbocycles. The first-order valence-corrected chi connectivity index (χ1v) is 9.39. The van der Waals surface area contributed by atoms with Crippen LogP contribution in [-0.2, 0) is 9.53 Å². The summed E-state index contributed by atoms with van der Waals surface area (Å²) in [6, 6.07) is 24.4. The van der Waals surface area contributed by atoms with Gasteiger partial charge in [-0.25, -0.2) is 0 Å². The maximum atomic E-state index is 13.0. The highest BCUT2D eigenvalue weighted by molar-refractivity contribution is 5.79. The maximum Gasteiger partial charge on any atom is 0.310 e. The van der Waals surface area contributed by atoms with Crippen LogP contribution in [0.4, 0.5) is 0 Å². The van der Waals surface area contributed by atoms with Crippen LogP contribution in [0.15, 0.2) is 72.8 Å². The molecule has 4 nitrogen and oxygen atoms in total. The molecule has 1 aliphatic carbocycles. The summed E-state index contributed by atoms with van der Waals surface area (Å²) in [7, 11) is 1.46. The van der Waals surface area contributed by atoms with E-state index in [1.165, 1.54) is 12.7 Å². The molecule has 1 aliphatic heterocycles. The first-order chi connectivity index (χ1) is 13.8. The van der Waals surface area contributed by atoms with Gasteiger partial charge in [-0.1, -0.05) is 60.7 Å². The summed E-state index contributed by atoms with van der Waals surface area (Å²) in [6.07, 6.45) is 0. The Labute approximate surface area is 163 Å². The van der Waals surface area contributed by atoms with Gasteiger partial charge in [0.25, 0.3) is 0 Å². The normalized spacial score (nSPS) is 22.0. The van der Waals surface area contributed by atoms with Gasteiger partial charge in [0.2, 0.25) is 6.79 Å². The number of fused-ring (bicyclic) bond motifs is 2. The van der Waals surface area contributed by atoms with Crippen LogP contribution < -0.4 is 9.47 Å². The molecule has 3 aromatic carbocycles. The van der Waals surface area contributed by atoms with Gasteiger partial charge in [0.15, 0.2) is 11.5 Å². The molecule has 140 valence electrons. The molecule has 0 N–H and O–H groups in total. The lowest BCUT2D eigenvalue weighted by molar-refractivity contribution is -0.146. The summed E-state index contributed by atoms with van der Waals surface area (Å²) >= 11 is 0. The average molecular weight is 372 g/mol. The van der Waals surface area contributed by atoms with Crippen LogP contribution in [0.25, 0.3) is 0 Å². The fraction of sp³-hybridized carbons (Fsp3) is 0.208. The number of hydrogen-bond donors (Lipinski definition) is 0. The SMILES string of the molecule is COC(=O)[C@H]1[C@H](c2ccccc2)c2ccccc2[C@@H]1c1ccc2c(c1)OCO2. The molecule has 28 heavy (non-hydrogen) atoms. The number of carbonyl (C=O) groups excluding carboxylic acids is 1. The van der Waals surface area contributed by atoms with E-state index in [1.54, 1.807) is 0 Å². The fourth-order valence-electron chi connectivity index (χ4n) is 4.61.